The number of thioether (sulfide) groups is 1. The van der Waals surface area contributed by atoms with Crippen molar-refractivity contribution in [3.63, 3.8) is 0 Å². The van der Waals surface area contributed by atoms with Gasteiger partial charge in [0.2, 0.25) is 0 Å². The summed E-state index contributed by atoms with van der Waals surface area (Å²) in [5.74, 6) is -0.289. The Morgan fingerprint density at radius 3 is 3.00 bits per heavy atom. The van der Waals surface area contributed by atoms with E-state index < -0.39 is 0 Å². The van der Waals surface area contributed by atoms with Crippen LogP contribution in [0.2, 0.25) is 0 Å². The second kappa shape index (κ2) is 4.37. The first-order chi connectivity index (χ1) is 7.20. The summed E-state index contributed by atoms with van der Waals surface area (Å²) < 4.78 is 13.0. The molecule has 2 rings (SSSR count). The summed E-state index contributed by atoms with van der Waals surface area (Å²) in [5, 5.41) is 2.31. The van der Waals surface area contributed by atoms with Gasteiger partial charge in [0.1, 0.15) is 11.0 Å². The fraction of sp³-hybridized carbons (Fsp3) is 0.182. The lowest BCUT2D eigenvalue weighted by atomic mass is 10.2. The van der Waals surface area contributed by atoms with Crippen LogP contribution in [0.3, 0.4) is 0 Å². The van der Waals surface area contributed by atoms with Gasteiger partial charge in [-0.2, -0.15) is 0 Å². The fourth-order valence-electron chi connectivity index (χ4n) is 1.27. The van der Waals surface area contributed by atoms with Gasteiger partial charge < -0.3 is 0 Å². The molecule has 0 fully saturated rings. The molecule has 0 bridgehead atoms. The van der Waals surface area contributed by atoms with Crippen molar-refractivity contribution in [1.29, 1.82) is 0 Å². The standard InChI is InChI=1S/C11H9ClFNS/c1-2-8-6-15-10-4-3-7(13)5-9(10)11(12)14-8/h3-6H,2H2,1H3. The summed E-state index contributed by atoms with van der Waals surface area (Å²) in [5.41, 5.74) is 1.59. The number of hydrogen-bond donors (Lipinski definition) is 0. The monoisotopic (exact) mass is 241 g/mol. The molecule has 0 spiro atoms. The molecule has 1 aromatic rings. The van der Waals surface area contributed by atoms with Crippen LogP contribution in [0, 0.1) is 5.82 Å². The molecule has 1 aliphatic heterocycles. The van der Waals surface area contributed by atoms with Crippen LogP contribution in [0.25, 0.3) is 0 Å². The van der Waals surface area contributed by atoms with Crippen LogP contribution in [0.5, 0.6) is 0 Å². The molecular weight excluding hydrogens is 233 g/mol. The minimum absolute atomic E-state index is 0.289. The third-order valence-corrected chi connectivity index (χ3v) is 3.38. The highest BCUT2D eigenvalue weighted by Crippen LogP contribution is 2.31. The zero-order valence-electron chi connectivity index (χ0n) is 8.13. The van der Waals surface area contributed by atoms with Crippen LogP contribution < -0.4 is 0 Å². The summed E-state index contributed by atoms with van der Waals surface area (Å²) in [6, 6.07) is 4.57. The number of allylic oxidation sites excluding steroid dienone is 1. The van der Waals surface area contributed by atoms with Crippen LogP contribution in [0.4, 0.5) is 4.39 Å². The Bertz CT molecular complexity index is 454. The van der Waals surface area contributed by atoms with E-state index >= 15 is 0 Å². The second-order valence-electron chi connectivity index (χ2n) is 3.12. The molecule has 4 heteroatoms. The fourth-order valence-corrected chi connectivity index (χ4v) is 2.51. The molecule has 78 valence electrons. The van der Waals surface area contributed by atoms with Crippen molar-refractivity contribution in [2.24, 2.45) is 4.99 Å². The first-order valence-electron chi connectivity index (χ1n) is 4.60. The Morgan fingerprint density at radius 1 is 1.47 bits per heavy atom. The predicted molar refractivity (Wildman–Crippen MR) is 63.0 cm³/mol. The van der Waals surface area contributed by atoms with E-state index in [2.05, 4.69) is 4.99 Å². The zero-order chi connectivity index (χ0) is 10.8. The van der Waals surface area contributed by atoms with Gasteiger partial charge in [0.25, 0.3) is 0 Å². The van der Waals surface area contributed by atoms with Crippen molar-refractivity contribution in [3.8, 4) is 0 Å². The number of aliphatic imine (C=N–C) groups is 1. The maximum absolute atomic E-state index is 13.0. The molecule has 0 saturated heterocycles. The van der Waals surface area contributed by atoms with Crippen LogP contribution in [0.15, 0.2) is 39.2 Å². The lowest BCUT2D eigenvalue weighted by Gasteiger charge is -2.02. The van der Waals surface area contributed by atoms with E-state index in [4.69, 9.17) is 11.6 Å². The van der Waals surface area contributed by atoms with Gasteiger partial charge in [-0.15, -0.1) is 0 Å². The minimum atomic E-state index is -0.289. The number of fused-ring (bicyclic) bond motifs is 1. The zero-order valence-corrected chi connectivity index (χ0v) is 9.70. The summed E-state index contributed by atoms with van der Waals surface area (Å²) in [4.78, 5) is 5.17. The van der Waals surface area contributed by atoms with Gasteiger partial charge in [-0.1, -0.05) is 30.3 Å². The lowest BCUT2D eigenvalue weighted by Crippen LogP contribution is -1.94. The largest absolute Gasteiger partial charge is 0.240 e. The first kappa shape index (κ1) is 10.7. The quantitative estimate of drug-likeness (QED) is 0.719. The predicted octanol–water partition coefficient (Wildman–Crippen LogP) is 4.17. The van der Waals surface area contributed by atoms with Crippen molar-refractivity contribution in [2.45, 2.75) is 18.2 Å². The van der Waals surface area contributed by atoms with Gasteiger partial charge in [-0.05, 0) is 30.0 Å². The van der Waals surface area contributed by atoms with Crippen molar-refractivity contribution in [3.05, 3.63) is 40.7 Å². The highest BCUT2D eigenvalue weighted by atomic mass is 35.5. The van der Waals surface area contributed by atoms with E-state index in [1.165, 1.54) is 23.9 Å². The van der Waals surface area contributed by atoms with E-state index in [0.717, 1.165) is 17.0 Å². The Labute approximate surface area is 97.0 Å². The molecule has 0 radical (unpaired) electrons. The second-order valence-corrected chi connectivity index (χ2v) is 4.39. The molecule has 0 unspecified atom stereocenters. The number of halogens is 2. The maximum atomic E-state index is 13.0. The van der Waals surface area contributed by atoms with Crippen molar-refractivity contribution < 1.29 is 4.39 Å². The van der Waals surface area contributed by atoms with E-state index in [1.54, 1.807) is 6.07 Å². The molecule has 0 N–H and O–H groups in total. The minimum Gasteiger partial charge on any atom is -0.240 e. The van der Waals surface area contributed by atoms with Crippen LogP contribution in [-0.2, 0) is 0 Å². The molecular formula is C11H9ClFNS. The van der Waals surface area contributed by atoms with E-state index in [0.29, 0.717) is 10.7 Å². The lowest BCUT2D eigenvalue weighted by molar-refractivity contribution is 0.626. The van der Waals surface area contributed by atoms with Crippen LogP contribution in [-0.4, -0.2) is 5.17 Å². The van der Waals surface area contributed by atoms with E-state index in [9.17, 15) is 4.39 Å². The Hall–Kier alpha value is -0.800. The van der Waals surface area contributed by atoms with Gasteiger partial charge in [-0.3, -0.25) is 0 Å². The SMILES string of the molecule is CCC1=CSc2ccc(F)cc2C(Cl)=N1. The van der Waals surface area contributed by atoms with Gasteiger partial charge in [0.05, 0.1) is 0 Å². The Balaban J connectivity index is 2.51. The van der Waals surface area contributed by atoms with Crippen molar-refractivity contribution in [1.82, 2.24) is 0 Å². The van der Waals surface area contributed by atoms with Gasteiger partial charge in [0, 0.05) is 16.2 Å². The summed E-state index contributed by atoms with van der Waals surface area (Å²) in [6.07, 6.45) is 0.819. The summed E-state index contributed by atoms with van der Waals surface area (Å²) in [6.45, 7) is 2.01. The van der Waals surface area contributed by atoms with Crippen molar-refractivity contribution in [2.75, 3.05) is 0 Å². The van der Waals surface area contributed by atoms with E-state index in [1.807, 2.05) is 12.3 Å². The molecule has 0 amide bonds. The van der Waals surface area contributed by atoms with Gasteiger partial charge in [-0.25, -0.2) is 9.38 Å². The summed E-state index contributed by atoms with van der Waals surface area (Å²) >= 11 is 7.55. The number of hydrogen-bond acceptors (Lipinski definition) is 2. The third-order valence-electron chi connectivity index (χ3n) is 2.09. The maximum Gasteiger partial charge on any atom is 0.137 e. The molecule has 0 saturated carbocycles. The molecule has 1 aliphatic rings. The molecule has 0 atom stereocenters. The first-order valence-corrected chi connectivity index (χ1v) is 5.86. The highest BCUT2D eigenvalue weighted by Gasteiger charge is 2.12. The Morgan fingerprint density at radius 2 is 2.27 bits per heavy atom. The normalized spacial score (nSPS) is 15.1. The summed E-state index contributed by atoms with van der Waals surface area (Å²) in [7, 11) is 0. The Kier molecular flexibility index (Phi) is 3.12. The molecule has 1 heterocycles. The number of rotatable bonds is 1. The van der Waals surface area contributed by atoms with Gasteiger partial charge >= 0.3 is 0 Å². The van der Waals surface area contributed by atoms with Gasteiger partial charge in [0.15, 0.2) is 0 Å². The van der Waals surface area contributed by atoms with Crippen molar-refractivity contribution >= 4 is 28.5 Å². The molecule has 0 aromatic heterocycles. The van der Waals surface area contributed by atoms with Crippen LogP contribution in [0.1, 0.15) is 18.9 Å². The van der Waals surface area contributed by atoms with Crippen LogP contribution >= 0.6 is 23.4 Å². The number of benzene rings is 1. The molecule has 1 aromatic carbocycles. The smallest absolute Gasteiger partial charge is 0.137 e. The van der Waals surface area contributed by atoms with E-state index in [-0.39, 0.29) is 5.82 Å². The average molecular weight is 242 g/mol. The highest BCUT2D eigenvalue weighted by molar-refractivity contribution is 8.02. The number of nitrogens with zero attached hydrogens (tertiary/aromatic N) is 1. The molecule has 1 nitrogen and oxygen atoms in total. The average Bonchev–Trinajstić information content (AvgIpc) is 2.39. The molecule has 15 heavy (non-hydrogen) atoms. The molecule has 0 aliphatic carbocycles. The third kappa shape index (κ3) is 2.24. The topological polar surface area (TPSA) is 12.4 Å².